The average Bonchev–Trinajstić information content (AvgIpc) is 3.27. The van der Waals surface area contributed by atoms with Gasteiger partial charge in [0.1, 0.15) is 6.29 Å². The number of nitrogens with one attached hydrogen (secondary N) is 1. The Balaban J connectivity index is 1.53. The molecular weight excluding hydrogens is 396 g/mol. The van der Waals surface area contributed by atoms with Crippen molar-refractivity contribution in [2.45, 2.75) is 24.2 Å². The van der Waals surface area contributed by atoms with Crippen molar-refractivity contribution in [3.63, 3.8) is 0 Å². The second-order valence-corrected chi connectivity index (χ2v) is 8.67. The summed E-state index contributed by atoms with van der Waals surface area (Å²) in [6.45, 7) is 0.803. The second kappa shape index (κ2) is 7.81. The quantitative estimate of drug-likeness (QED) is 0.591. The number of anilines is 1. The van der Waals surface area contributed by atoms with E-state index in [1.54, 1.807) is 41.3 Å². The minimum atomic E-state index is -0.203. The van der Waals surface area contributed by atoms with Crippen LogP contribution in [0.15, 0.2) is 53.4 Å². The molecule has 0 saturated heterocycles. The van der Waals surface area contributed by atoms with Gasteiger partial charge < -0.3 is 10.2 Å². The molecule has 0 spiro atoms. The number of alkyl halides is 1. The first-order valence-electron chi connectivity index (χ1n) is 8.82. The van der Waals surface area contributed by atoms with Gasteiger partial charge in [0.15, 0.2) is 0 Å². The molecule has 2 aliphatic heterocycles. The van der Waals surface area contributed by atoms with Crippen molar-refractivity contribution in [1.29, 1.82) is 0 Å². The number of fused-ring (bicyclic) bond motifs is 1. The lowest BCUT2D eigenvalue weighted by Gasteiger charge is -2.16. The predicted molar refractivity (Wildman–Crippen MR) is 110 cm³/mol. The summed E-state index contributed by atoms with van der Waals surface area (Å²) >= 11 is 7.38. The number of carbonyl (C=O) groups excluding carboxylic acids is 3. The van der Waals surface area contributed by atoms with Crippen LogP contribution in [-0.2, 0) is 17.9 Å². The van der Waals surface area contributed by atoms with Gasteiger partial charge in [-0.25, -0.2) is 0 Å². The maximum atomic E-state index is 12.8. The highest BCUT2D eigenvalue weighted by Crippen LogP contribution is 2.36. The molecule has 0 saturated carbocycles. The summed E-state index contributed by atoms with van der Waals surface area (Å²) in [5, 5.41) is 2.92. The van der Waals surface area contributed by atoms with Gasteiger partial charge in [-0.1, -0.05) is 30.3 Å². The second-order valence-electron chi connectivity index (χ2n) is 6.64. The minimum absolute atomic E-state index is 0.0853. The molecule has 0 radical (unpaired) electrons. The molecule has 0 aliphatic carbocycles. The van der Waals surface area contributed by atoms with E-state index in [9.17, 15) is 14.4 Å². The highest BCUT2D eigenvalue weighted by atomic mass is 35.5. The van der Waals surface area contributed by atoms with Gasteiger partial charge in [-0.2, -0.15) is 0 Å². The smallest absolute Gasteiger partial charge is 0.261 e. The summed E-state index contributed by atoms with van der Waals surface area (Å²) in [5.41, 5.74) is 3.50. The number of aldehydes is 1. The van der Waals surface area contributed by atoms with E-state index in [1.165, 1.54) is 11.8 Å². The van der Waals surface area contributed by atoms with Gasteiger partial charge in [-0.05, 0) is 30.2 Å². The van der Waals surface area contributed by atoms with E-state index >= 15 is 0 Å². The topological polar surface area (TPSA) is 66.5 Å². The molecule has 0 aromatic heterocycles. The normalized spacial score (nSPS) is 18.0. The van der Waals surface area contributed by atoms with Gasteiger partial charge in [0, 0.05) is 35.5 Å². The molecule has 4 rings (SSSR count). The molecule has 7 heteroatoms. The lowest BCUT2D eigenvalue weighted by Crippen LogP contribution is -2.23. The lowest BCUT2D eigenvalue weighted by molar-refractivity contribution is -0.112. The SMILES string of the molecule is O=Cc1cccc(CN2Cc3c(NC(=O)C4=CCC(Cl)S4)cccc3C2=O)c1. The fourth-order valence-corrected chi connectivity index (χ4v) is 4.58. The standard InChI is InChI=1S/C21H17ClN2O3S/c22-19-8-7-18(28-19)20(26)23-17-6-2-5-15-16(17)11-24(21(15)27)10-13-3-1-4-14(9-13)12-25/h1-7,9,12,19H,8,10-11H2,(H,23,26). The summed E-state index contributed by atoms with van der Waals surface area (Å²) < 4.78 is -0.110. The third-order valence-corrected chi connectivity index (χ3v) is 6.22. The van der Waals surface area contributed by atoms with Crippen molar-refractivity contribution in [3.8, 4) is 0 Å². The molecule has 2 amide bonds. The van der Waals surface area contributed by atoms with Crippen LogP contribution in [0.3, 0.4) is 0 Å². The van der Waals surface area contributed by atoms with Crippen LogP contribution in [0.5, 0.6) is 0 Å². The summed E-state index contributed by atoms with van der Waals surface area (Å²) in [4.78, 5) is 38.6. The zero-order chi connectivity index (χ0) is 19.7. The third-order valence-electron chi connectivity index (χ3n) is 4.72. The van der Waals surface area contributed by atoms with Crippen LogP contribution in [0.25, 0.3) is 0 Å². The zero-order valence-electron chi connectivity index (χ0n) is 14.9. The Morgan fingerprint density at radius 2 is 2.11 bits per heavy atom. The van der Waals surface area contributed by atoms with Crippen LogP contribution in [0, 0.1) is 0 Å². The van der Waals surface area contributed by atoms with Gasteiger partial charge in [-0.3, -0.25) is 14.4 Å². The summed E-state index contributed by atoms with van der Waals surface area (Å²) in [7, 11) is 0. The van der Waals surface area contributed by atoms with E-state index in [0.29, 0.717) is 41.2 Å². The van der Waals surface area contributed by atoms with E-state index in [2.05, 4.69) is 5.32 Å². The third kappa shape index (κ3) is 3.70. The maximum Gasteiger partial charge on any atom is 0.261 e. The highest BCUT2D eigenvalue weighted by molar-refractivity contribution is 8.05. The van der Waals surface area contributed by atoms with E-state index in [-0.39, 0.29) is 16.5 Å². The monoisotopic (exact) mass is 412 g/mol. The van der Waals surface area contributed by atoms with Crippen molar-refractivity contribution in [3.05, 3.63) is 75.7 Å². The first-order valence-corrected chi connectivity index (χ1v) is 10.1. The fraction of sp³-hybridized carbons (Fsp3) is 0.190. The molecule has 28 heavy (non-hydrogen) atoms. The Morgan fingerprint density at radius 1 is 1.29 bits per heavy atom. The summed E-state index contributed by atoms with van der Waals surface area (Å²) in [6, 6.07) is 12.5. The maximum absolute atomic E-state index is 12.8. The molecule has 142 valence electrons. The van der Waals surface area contributed by atoms with Crippen LogP contribution in [-0.4, -0.2) is 27.7 Å². The zero-order valence-corrected chi connectivity index (χ0v) is 16.4. The fourth-order valence-electron chi connectivity index (χ4n) is 3.38. The largest absolute Gasteiger partial charge is 0.330 e. The van der Waals surface area contributed by atoms with Crippen LogP contribution in [0.2, 0.25) is 0 Å². The van der Waals surface area contributed by atoms with Crippen LogP contribution in [0.4, 0.5) is 5.69 Å². The summed E-state index contributed by atoms with van der Waals surface area (Å²) in [5.74, 6) is -0.288. The van der Waals surface area contributed by atoms with E-state index in [4.69, 9.17) is 11.6 Å². The van der Waals surface area contributed by atoms with Crippen LogP contribution >= 0.6 is 23.4 Å². The van der Waals surface area contributed by atoms with E-state index < -0.39 is 0 Å². The number of benzene rings is 2. The number of hydrogen-bond donors (Lipinski definition) is 1. The van der Waals surface area contributed by atoms with Crippen LogP contribution in [0.1, 0.15) is 38.3 Å². The van der Waals surface area contributed by atoms with Gasteiger partial charge in [0.2, 0.25) is 0 Å². The lowest BCUT2D eigenvalue weighted by atomic mass is 10.1. The minimum Gasteiger partial charge on any atom is -0.330 e. The number of carbonyl (C=O) groups is 3. The highest BCUT2D eigenvalue weighted by Gasteiger charge is 2.30. The Morgan fingerprint density at radius 3 is 2.86 bits per heavy atom. The number of halogens is 1. The molecule has 2 aliphatic rings. The number of rotatable bonds is 5. The first kappa shape index (κ1) is 18.8. The number of allylic oxidation sites excluding steroid dienone is 1. The Labute approximate surface area is 171 Å². The number of thioether (sulfide) groups is 1. The summed E-state index contributed by atoms with van der Waals surface area (Å²) in [6.07, 6.45) is 3.28. The van der Waals surface area contributed by atoms with E-state index in [0.717, 1.165) is 17.4 Å². The molecule has 1 unspecified atom stereocenters. The molecule has 1 N–H and O–H groups in total. The number of nitrogens with zero attached hydrogens (tertiary/aromatic N) is 1. The molecule has 2 aromatic carbocycles. The van der Waals surface area contributed by atoms with Crippen LogP contribution < -0.4 is 5.32 Å². The molecule has 5 nitrogen and oxygen atoms in total. The Kier molecular flexibility index (Phi) is 5.24. The Bertz CT molecular complexity index is 1000. The molecule has 1 atom stereocenters. The molecule has 0 fully saturated rings. The van der Waals surface area contributed by atoms with Gasteiger partial charge in [-0.15, -0.1) is 23.4 Å². The Hall–Kier alpha value is -2.57. The van der Waals surface area contributed by atoms with Crippen molar-refractivity contribution < 1.29 is 14.4 Å². The van der Waals surface area contributed by atoms with Gasteiger partial charge in [0.25, 0.3) is 11.8 Å². The molecular formula is C21H17ClN2O3S. The van der Waals surface area contributed by atoms with Gasteiger partial charge in [0.05, 0.1) is 9.61 Å². The number of amides is 2. The molecule has 2 heterocycles. The van der Waals surface area contributed by atoms with Crippen molar-refractivity contribution in [2.24, 2.45) is 0 Å². The van der Waals surface area contributed by atoms with Crippen molar-refractivity contribution >= 4 is 47.2 Å². The molecule has 0 bridgehead atoms. The predicted octanol–water partition coefficient (Wildman–Crippen LogP) is 4.18. The first-order chi connectivity index (χ1) is 13.5. The van der Waals surface area contributed by atoms with Crippen molar-refractivity contribution in [2.75, 3.05) is 5.32 Å². The van der Waals surface area contributed by atoms with Gasteiger partial charge >= 0.3 is 0 Å². The van der Waals surface area contributed by atoms with Crippen molar-refractivity contribution in [1.82, 2.24) is 4.90 Å². The van der Waals surface area contributed by atoms with E-state index in [1.807, 2.05) is 12.1 Å². The molecule has 2 aromatic rings. The average molecular weight is 413 g/mol. The number of hydrogen-bond acceptors (Lipinski definition) is 4.